The molecule has 4 aromatic rings. The molecule has 0 aliphatic rings. The van der Waals surface area contributed by atoms with Gasteiger partial charge in [0.05, 0.1) is 11.1 Å². The van der Waals surface area contributed by atoms with Gasteiger partial charge in [0.25, 0.3) is 11.5 Å². The monoisotopic (exact) mass is 567 g/mol. The Balaban J connectivity index is 1.90. The maximum absolute atomic E-state index is 13.8. The molecule has 0 atom stereocenters. The molecule has 2 aromatic carbocycles. The van der Waals surface area contributed by atoms with Gasteiger partial charge in [-0.1, -0.05) is 29.8 Å². The largest absolute Gasteiger partial charge is 0.416 e. The molecular weight excluding hydrogens is 548 g/mol. The molecule has 0 N–H and O–H groups in total. The number of pyridine rings is 2. The number of alkyl halides is 6. The molecule has 39 heavy (non-hydrogen) atoms. The number of carbonyl (C=O) groups excluding carboxylic acids is 1. The first-order valence-electron chi connectivity index (χ1n) is 11.4. The van der Waals surface area contributed by atoms with Crippen LogP contribution in [0.5, 0.6) is 0 Å². The zero-order valence-corrected chi connectivity index (χ0v) is 21.5. The molecule has 0 unspecified atom stereocenters. The van der Waals surface area contributed by atoms with Gasteiger partial charge in [-0.05, 0) is 53.9 Å². The molecular formula is C27H20ClF6N3O2. The van der Waals surface area contributed by atoms with Crippen LogP contribution >= 0.6 is 11.6 Å². The lowest BCUT2D eigenvalue weighted by Gasteiger charge is -2.24. The lowest BCUT2D eigenvalue weighted by atomic mass is 9.94. The summed E-state index contributed by atoms with van der Waals surface area (Å²) in [5.74, 6) is -0.805. The fourth-order valence-electron chi connectivity index (χ4n) is 4.37. The lowest BCUT2D eigenvalue weighted by molar-refractivity contribution is -0.143. The first-order valence-corrected chi connectivity index (χ1v) is 11.8. The molecule has 0 radical (unpaired) electrons. The van der Waals surface area contributed by atoms with E-state index in [4.69, 9.17) is 11.6 Å². The fourth-order valence-corrected chi connectivity index (χ4v) is 4.55. The summed E-state index contributed by atoms with van der Waals surface area (Å²) < 4.78 is 81.2. The summed E-state index contributed by atoms with van der Waals surface area (Å²) in [6, 6.07) is 9.29. The summed E-state index contributed by atoms with van der Waals surface area (Å²) in [6.45, 7) is 1.11. The summed E-state index contributed by atoms with van der Waals surface area (Å²) in [5.41, 5.74) is -2.64. The number of carbonyl (C=O) groups is 1. The van der Waals surface area contributed by atoms with Crippen LogP contribution < -0.4 is 5.56 Å². The molecule has 0 aliphatic heterocycles. The Hall–Kier alpha value is -3.86. The van der Waals surface area contributed by atoms with Gasteiger partial charge >= 0.3 is 12.4 Å². The molecule has 0 fully saturated rings. The van der Waals surface area contributed by atoms with Gasteiger partial charge in [0.15, 0.2) is 0 Å². The molecule has 0 aliphatic carbocycles. The molecule has 2 aromatic heterocycles. The van der Waals surface area contributed by atoms with E-state index >= 15 is 0 Å². The summed E-state index contributed by atoms with van der Waals surface area (Å²) in [5, 5.41) is 0.718. The van der Waals surface area contributed by atoms with Gasteiger partial charge in [-0.25, -0.2) is 0 Å². The second-order valence-corrected chi connectivity index (χ2v) is 9.38. The smallest absolute Gasteiger partial charge is 0.336 e. The maximum atomic E-state index is 13.8. The first kappa shape index (κ1) is 28.2. The van der Waals surface area contributed by atoms with Crippen LogP contribution in [-0.2, 0) is 25.9 Å². The van der Waals surface area contributed by atoms with E-state index in [2.05, 4.69) is 4.98 Å². The average molecular weight is 568 g/mol. The van der Waals surface area contributed by atoms with Crippen LogP contribution in [0.25, 0.3) is 22.0 Å². The topological polar surface area (TPSA) is 55.2 Å². The van der Waals surface area contributed by atoms with E-state index in [9.17, 15) is 35.9 Å². The summed E-state index contributed by atoms with van der Waals surface area (Å²) in [6.07, 6.45) is -8.66. The van der Waals surface area contributed by atoms with Crippen LogP contribution in [0.4, 0.5) is 26.3 Å². The SMILES string of the molecule is Cc1c(Cl)cccc1-c1c(C(=O)N(C)Cc2cc(C(F)(F)F)cc(C(F)(F)F)c2)n(C)c(=O)c2ncccc12. The Kier molecular flexibility index (Phi) is 7.24. The molecule has 5 nitrogen and oxygen atoms in total. The Bertz CT molecular complexity index is 1630. The van der Waals surface area contributed by atoms with Gasteiger partial charge in [-0.15, -0.1) is 0 Å². The van der Waals surface area contributed by atoms with E-state index in [0.717, 1.165) is 9.47 Å². The van der Waals surface area contributed by atoms with Crippen molar-refractivity contribution in [3.8, 4) is 11.1 Å². The minimum Gasteiger partial charge on any atom is -0.336 e. The van der Waals surface area contributed by atoms with Gasteiger partial charge in [-0.3, -0.25) is 14.6 Å². The van der Waals surface area contributed by atoms with Gasteiger partial charge in [0, 0.05) is 42.8 Å². The molecule has 12 heteroatoms. The van der Waals surface area contributed by atoms with Crippen LogP contribution in [0, 0.1) is 6.92 Å². The zero-order valence-electron chi connectivity index (χ0n) is 20.7. The van der Waals surface area contributed by atoms with E-state index in [1.807, 2.05) is 0 Å². The van der Waals surface area contributed by atoms with E-state index in [-0.39, 0.29) is 22.8 Å². The number of halogens is 7. The zero-order chi connectivity index (χ0) is 28.9. The van der Waals surface area contributed by atoms with Crippen molar-refractivity contribution < 1.29 is 31.1 Å². The molecule has 2 heterocycles. The number of aromatic nitrogens is 2. The minimum absolute atomic E-state index is 0.0192. The highest BCUT2D eigenvalue weighted by Crippen LogP contribution is 2.38. The maximum Gasteiger partial charge on any atom is 0.416 e. The van der Waals surface area contributed by atoms with E-state index in [1.54, 1.807) is 37.3 Å². The molecule has 0 bridgehead atoms. The highest BCUT2D eigenvalue weighted by molar-refractivity contribution is 6.32. The third-order valence-corrected chi connectivity index (χ3v) is 6.72. The molecule has 0 saturated heterocycles. The molecule has 4 rings (SSSR count). The highest BCUT2D eigenvalue weighted by atomic mass is 35.5. The number of hydrogen-bond donors (Lipinski definition) is 0. The second kappa shape index (κ2) is 10.0. The van der Waals surface area contributed by atoms with E-state index in [0.29, 0.717) is 39.2 Å². The summed E-state index contributed by atoms with van der Waals surface area (Å²) in [7, 11) is 2.56. The number of rotatable bonds is 4. The van der Waals surface area contributed by atoms with Crippen LogP contribution in [-0.4, -0.2) is 27.4 Å². The number of fused-ring (bicyclic) bond motifs is 1. The van der Waals surface area contributed by atoms with Crippen molar-refractivity contribution in [3.63, 3.8) is 0 Å². The number of hydrogen-bond acceptors (Lipinski definition) is 3. The Morgan fingerprint density at radius 2 is 1.62 bits per heavy atom. The minimum atomic E-state index is -5.04. The second-order valence-electron chi connectivity index (χ2n) is 8.98. The normalized spacial score (nSPS) is 12.2. The Labute approximate surface area is 223 Å². The molecule has 1 amide bonds. The molecule has 0 saturated carbocycles. The number of benzene rings is 2. The standard InChI is InChI=1S/C27H20ClF6N3O2/c1-14-18(6-4-8-20(14)28)21-19-7-5-9-35-22(19)24(38)37(3)23(21)25(39)36(2)13-15-10-16(26(29,30)31)12-17(11-15)27(32,33)34/h4-12H,13H2,1-3H3. The van der Waals surface area contributed by atoms with E-state index in [1.165, 1.54) is 20.3 Å². The number of nitrogens with zero attached hydrogens (tertiary/aromatic N) is 3. The van der Waals surface area contributed by atoms with Crippen molar-refractivity contribution in [1.29, 1.82) is 0 Å². The van der Waals surface area contributed by atoms with Crippen LogP contribution in [0.15, 0.2) is 59.5 Å². The third kappa shape index (κ3) is 5.36. The van der Waals surface area contributed by atoms with Crippen molar-refractivity contribution in [2.45, 2.75) is 25.8 Å². The van der Waals surface area contributed by atoms with Crippen molar-refractivity contribution in [2.24, 2.45) is 7.05 Å². The highest BCUT2D eigenvalue weighted by Gasteiger charge is 2.37. The van der Waals surface area contributed by atoms with Crippen molar-refractivity contribution in [3.05, 3.63) is 98.1 Å². The number of amides is 1. The van der Waals surface area contributed by atoms with Crippen molar-refractivity contribution >= 4 is 28.4 Å². The van der Waals surface area contributed by atoms with Gasteiger partial charge in [0.1, 0.15) is 11.2 Å². The van der Waals surface area contributed by atoms with Crippen LogP contribution in [0.1, 0.15) is 32.7 Å². The van der Waals surface area contributed by atoms with Gasteiger partial charge in [-0.2, -0.15) is 26.3 Å². The third-order valence-electron chi connectivity index (χ3n) is 6.31. The van der Waals surface area contributed by atoms with Crippen molar-refractivity contribution in [1.82, 2.24) is 14.5 Å². The average Bonchev–Trinajstić information content (AvgIpc) is 2.86. The predicted molar refractivity (Wildman–Crippen MR) is 134 cm³/mol. The predicted octanol–water partition coefficient (Wildman–Crippen LogP) is 6.87. The lowest BCUT2D eigenvalue weighted by Crippen LogP contribution is -2.33. The van der Waals surface area contributed by atoms with Gasteiger partial charge < -0.3 is 9.47 Å². The van der Waals surface area contributed by atoms with Crippen LogP contribution in [0.2, 0.25) is 5.02 Å². The molecule has 204 valence electrons. The Morgan fingerprint density at radius 3 is 2.21 bits per heavy atom. The Morgan fingerprint density at radius 1 is 1.00 bits per heavy atom. The summed E-state index contributed by atoms with van der Waals surface area (Å²) >= 11 is 6.33. The van der Waals surface area contributed by atoms with Crippen molar-refractivity contribution in [2.75, 3.05) is 7.05 Å². The quantitative estimate of drug-likeness (QED) is 0.253. The molecule has 0 spiro atoms. The van der Waals surface area contributed by atoms with E-state index < -0.39 is 41.5 Å². The van der Waals surface area contributed by atoms with Gasteiger partial charge in [0.2, 0.25) is 0 Å². The first-order chi connectivity index (χ1) is 18.1. The summed E-state index contributed by atoms with van der Waals surface area (Å²) in [4.78, 5) is 32.0. The van der Waals surface area contributed by atoms with Crippen LogP contribution in [0.3, 0.4) is 0 Å². The fraction of sp³-hybridized carbons (Fsp3) is 0.222.